The highest BCUT2D eigenvalue weighted by atomic mass is 32.2. The van der Waals surface area contributed by atoms with Gasteiger partial charge in [0.05, 0.1) is 17.0 Å². The molecule has 1 aromatic carbocycles. The predicted octanol–water partition coefficient (Wildman–Crippen LogP) is 2.49. The second kappa shape index (κ2) is 8.40. The highest BCUT2D eigenvalue weighted by Gasteiger charge is 2.11. The van der Waals surface area contributed by atoms with Crippen LogP contribution in [0.5, 0.6) is 0 Å². The topological polar surface area (TPSA) is 117 Å². The number of hydrogen-bond donors (Lipinski definition) is 3. The normalized spacial score (nSPS) is 12.4. The molecule has 7 nitrogen and oxygen atoms in total. The van der Waals surface area contributed by atoms with Crippen LogP contribution in [0, 0.1) is 11.3 Å². The Bertz CT molecular complexity index is 1040. The van der Waals surface area contributed by atoms with Gasteiger partial charge in [-0.25, -0.2) is 9.71 Å². The first kappa shape index (κ1) is 18.5. The molecule has 0 saturated heterocycles. The van der Waals surface area contributed by atoms with Gasteiger partial charge in [-0.1, -0.05) is 12.1 Å². The van der Waals surface area contributed by atoms with Crippen LogP contribution in [0.3, 0.4) is 0 Å². The Morgan fingerprint density at radius 2 is 2.26 bits per heavy atom. The van der Waals surface area contributed by atoms with Crippen molar-refractivity contribution < 1.29 is 9.35 Å². The summed E-state index contributed by atoms with van der Waals surface area (Å²) >= 11 is -1.17. The zero-order chi connectivity index (χ0) is 19.2. The minimum absolute atomic E-state index is 0.00342. The Morgan fingerprint density at radius 3 is 3.04 bits per heavy atom. The molecule has 0 radical (unpaired) electrons. The Hall–Kier alpha value is -3.28. The average Bonchev–Trinajstić information content (AvgIpc) is 3.07. The SMILES string of the molecule is C[S+]([O-])Nc1cccc(CNC(=O)/C(C#N)=C/c2c[nH]c3ncccc23)c1. The minimum Gasteiger partial charge on any atom is -0.593 e. The maximum absolute atomic E-state index is 12.4. The quantitative estimate of drug-likeness (QED) is 0.346. The smallest absolute Gasteiger partial charge is 0.262 e. The van der Waals surface area contributed by atoms with Crippen molar-refractivity contribution in [1.29, 1.82) is 5.26 Å². The van der Waals surface area contributed by atoms with E-state index < -0.39 is 17.3 Å². The van der Waals surface area contributed by atoms with Crippen molar-refractivity contribution in [2.75, 3.05) is 11.0 Å². The number of pyridine rings is 1. The number of amides is 1. The van der Waals surface area contributed by atoms with Gasteiger partial charge in [0.1, 0.15) is 23.5 Å². The number of nitriles is 1. The molecule has 3 rings (SSSR count). The third-order valence-electron chi connectivity index (χ3n) is 3.79. The molecule has 0 saturated carbocycles. The summed E-state index contributed by atoms with van der Waals surface area (Å²) in [7, 11) is 0. The van der Waals surface area contributed by atoms with Crippen molar-refractivity contribution in [1.82, 2.24) is 15.3 Å². The van der Waals surface area contributed by atoms with Crippen molar-refractivity contribution in [2.45, 2.75) is 6.54 Å². The van der Waals surface area contributed by atoms with Gasteiger partial charge in [-0.05, 0) is 35.9 Å². The van der Waals surface area contributed by atoms with E-state index in [1.54, 1.807) is 42.9 Å². The zero-order valence-electron chi connectivity index (χ0n) is 14.5. The maximum Gasteiger partial charge on any atom is 0.262 e. The van der Waals surface area contributed by atoms with E-state index in [-0.39, 0.29) is 12.1 Å². The number of benzene rings is 1. The van der Waals surface area contributed by atoms with Crippen molar-refractivity contribution in [3.8, 4) is 6.07 Å². The van der Waals surface area contributed by atoms with Gasteiger partial charge in [-0.3, -0.25) is 4.79 Å². The Labute approximate surface area is 159 Å². The molecule has 8 heteroatoms. The largest absolute Gasteiger partial charge is 0.593 e. The van der Waals surface area contributed by atoms with E-state index in [0.717, 1.165) is 16.5 Å². The molecule has 3 aromatic rings. The van der Waals surface area contributed by atoms with Crippen LogP contribution in [0.4, 0.5) is 5.69 Å². The van der Waals surface area contributed by atoms with Crippen LogP contribution in [-0.2, 0) is 22.7 Å². The molecule has 2 aromatic heterocycles. The number of nitrogens with zero attached hydrogens (tertiary/aromatic N) is 2. The van der Waals surface area contributed by atoms with Gasteiger partial charge >= 0.3 is 0 Å². The predicted molar refractivity (Wildman–Crippen MR) is 106 cm³/mol. The summed E-state index contributed by atoms with van der Waals surface area (Å²) < 4.78 is 14.0. The van der Waals surface area contributed by atoms with Gasteiger partial charge in [-0.2, -0.15) is 5.26 Å². The van der Waals surface area contributed by atoms with Crippen molar-refractivity contribution in [2.24, 2.45) is 0 Å². The van der Waals surface area contributed by atoms with Crippen LogP contribution >= 0.6 is 0 Å². The monoisotopic (exact) mass is 379 g/mol. The second-order valence-electron chi connectivity index (χ2n) is 5.75. The number of aromatic nitrogens is 2. The van der Waals surface area contributed by atoms with Gasteiger partial charge in [0.15, 0.2) is 0 Å². The van der Waals surface area contributed by atoms with Gasteiger partial charge in [0, 0.05) is 29.9 Å². The van der Waals surface area contributed by atoms with Crippen molar-refractivity contribution in [3.63, 3.8) is 0 Å². The molecule has 0 spiro atoms. The molecule has 2 heterocycles. The molecule has 0 aliphatic rings. The molecule has 3 N–H and O–H groups in total. The summed E-state index contributed by atoms with van der Waals surface area (Å²) in [5.74, 6) is -0.465. The van der Waals surface area contributed by atoms with Crippen molar-refractivity contribution >= 4 is 40.1 Å². The van der Waals surface area contributed by atoms with E-state index >= 15 is 0 Å². The number of nitrogens with one attached hydrogen (secondary N) is 3. The van der Waals surface area contributed by atoms with E-state index in [2.05, 4.69) is 20.0 Å². The van der Waals surface area contributed by atoms with Crippen LogP contribution in [0.25, 0.3) is 17.1 Å². The first-order valence-corrected chi connectivity index (χ1v) is 9.64. The van der Waals surface area contributed by atoms with Gasteiger partial charge in [-0.15, -0.1) is 0 Å². The second-order valence-corrected chi connectivity index (χ2v) is 6.87. The molecule has 1 unspecified atom stereocenters. The molecule has 27 heavy (non-hydrogen) atoms. The van der Waals surface area contributed by atoms with E-state index in [0.29, 0.717) is 11.3 Å². The third kappa shape index (κ3) is 4.67. The van der Waals surface area contributed by atoms with E-state index in [9.17, 15) is 14.6 Å². The van der Waals surface area contributed by atoms with Crippen LogP contribution in [0.2, 0.25) is 0 Å². The fraction of sp³-hybridized carbons (Fsp3) is 0.105. The lowest BCUT2D eigenvalue weighted by Crippen LogP contribution is -2.24. The maximum atomic E-state index is 12.4. The molecule has 0 aliphatic heterocycles. The number of aromatic amines is 1. The summed E-state index contributed by atoms with van der Waals surface area (Å²) in [5, 5.41) is 12.9. The lowest BCUT2D eigenvalue weighted by molar-refractivity contribution is -0.117. The summed E-state index contributed by atoms with van der Waals surface area (Å²) in [5.41, 5.74) is 2.95. The van der Waals surface area contributed by atoms with Crippen LogP contribution in [-0.4, -0.2) is 26.7 Å². The molecule has 1 amide bonds. The number of rotatable bonds is 6. The molecule has 0 bridgehead atoms. The van der Waals surface area contributed by atoms with E-state index in [1.807, 2.05) is 18.2 Å². The summed E-state index contributed by atoms with van der Waals surface area (Å²) in [4.78, 5) is 19.6. The first-order valence-electron chi connectivity index (χ1n) is 8.08. The van der Waals surface area contributed by atoms with E-state index in [4.69, 9.17) is 0 Å². The fourth-order valence-electron chi connectivity index (χ4n) is 2.59. The number of fused-ring (bicyclic) bond motifs is 1. The number of hydrogen-bond acceptors (Lipinski definition) is 5. The molecule has 1 atom stereocenters. The van der Waals surface area contributed by atoms with E-state index in [1.165, 1.54) is 6.08 Å². The Kier molecular flexibility index (Phi) is 5.76. The lowest BCUT2D eigenvalue weighted by atomic mass is 10.1. The molecule has 136 valence electrons. The summed E-state index contributed by atoms with van der Waals surface area (Å²) in [6.07, 6.45) is 6.45. The van der Waals surface area contributed by atoms with Gasteiger partial charge < -0.3 is 14.9 Å². The van der Waals surface area contributed by atoms with Crippen molar-refractivity contribution in [3.05, 3.63) is 65.5 Å². The summed E-state index contributed by atoms with van der Waals surface area (Å²) in [6.45, 7) is 0.249. The lowest BCUT2D eigenvalue weighted by Gasteiger charge is -2.09. The molecule has 0 fully saturated rings. The Morgan fingerprint density at radius 1 is 1.41 bits per heavy atom. The van der Waals surface area contributed by atoms with Gasteiger partial charge in [0.25, 0.3) is 5.91 Å². The highest BCUT2D eigenvalue weighted by Crippen LogP contribution is 2.18. The number of H-pyrrole nitrogens is 1. The fourth-order valence-corrected chi connectivity index (χ4v) is 3.05. The number of carbonyl (C=O) groups is 1. The van der Waals surface area contributed by atoms with Gasteiger partial charge in [0.2, 0.25) is 0 Å². The van der Waals surface area contributed by atoms with Crippen LogP contribution < -0.4 is 10.0 Å². The van der Waals surface area contributed by atoms with Crippen LogP contribution in [0.15, 0.2) is 54.4 Å². The highest BCUT2D eigenvalue weighted by molar-refractivity contribution is 7.92. The third-order valence-corrected chi connectivity index (χ3v) is 4.31. The number of carbonyl (C=O) groups excluding carboxylic acids is 1. The number of anilines is 1. The van der Waals surface area contributed by atoms with Crippen LogP contribution in [0.1, 0.15) is 11.1 Å². The summed E-state index contributed by atoms with van der Waals surface area (Å²) in [6, 6.07) is 12.8. The minimum atomic E-state index is -1.17. The first-order chi connectivity index (χ1) is 13.1. The average molecular weight is 379 g/mol. The molecular formula is C19H17N5O2S. The Balaban J connectivity index is 1.72. The molecular weight excluding hydrogens is 362 g/mol. The molecule has 0 aliphatic carbocycles. The zero-order valence-corrected chi connectivity index (χ0v) is 15.3. The standard InChI is InChI=1S/C19H17N5O2S/c1-27(26)24-16-5-2-4-13(8-16)11-23-19(25)14(10-20)9-15-12-22-18-17(15)6-3-7-21-18/h2-9,12,24H,11H2,1H3,(H,21,22)(H,23,25)/b14-9+.